The van der Waals surface area contributed by atoms with Gasteiger partial charge in [0.1, 0.15) is 6.04 Å². The minimum Gasteiger partial charge on any atom is -0.355 e. The maximum absolute atomic E-state index is 13.4. The molecular formula is C27H39N3O4S. The van der Waals surface area contributed by atoms with Gasteiger partial charge in [-0.1, -0.05) is 42.8 Å². The number of sulfonamides is 1. The monoisotopic (exact) mass is 501 g/mol. The number of amides is 2. The number of anilines is 1. The number of rotatable bonds is 12. The minimum atomic E-state index is -3.52. The molecule has 2 amide bonds. The van der Waals surface area contributed by atoms with Gasteiger partial charge >= 0.3 is 0 Å². The molecule has 8 heteroatoms. The highest BCUT2D eigenvalue weighted by Crippen LogP contribution is 2.22. The van der Waals surface area contributed by atoms with Gasteiger partial charge in [-0.25, -0.2) is 8.42 Å². The molecule has 0 saturated carbocycles. The van der Waals surface area contributed by atoms with E-state index in [-0.39, 0.29) is 24.8 Å². The third kappa shape index (κ3) is 8.38. The van der Waals surface area contributed by atoms with Crippen LogP contribution in [-0.2, 0) is 26.2 Å². The molecule has 35 heavy (non-hydrogen) atoms. The van der Waals surface area contributed by atoms with Crippen LogP contribution in [0.4, 0.5) is 5.69 Å². The van der Waals surface area contributed by atoms with Crippen molar-refractivity contribution >= 4 is 27.5 Å². The second kappa shape index (κ2) is 12.7. The lowest BCUT2D eigenvalue weighted by Crippen LogP contribution is -2.49. The van der Waals surface area contributed by atoms with Gasteiger partial charge in [0, 0.05) is 26.1 Å². The summed E-state index contributed by atoms with van der Waals surface area (Å²) in [4.78, 5) is 27.8. The van der Waals surface area contributed by atoms with Crippen LogP contribution in [0, 0.1) is 20.8 Å². The lowest BCUT2D eigenvalue weighted by atomic mass is 10.1. The lowest BCUT2D eigenvalue weighted by Gasteiger charge is -2.31. The van der Waals surface area contributed by atoms with Crippen LogP contribution in [0.2, 0.25) is 0 Å². The lowest BCUT2D eigenvalue weighted by molar-refractivity contribution is -0.141. The van der Waals surface area contributed by atoms with Crippen molar-refractivity contribution in [3.8, 4) is 0 Å². The van der Waals surface area contributed by atoms with Gasteiger partial charge in [0.05, 0.1) is 11.9 Å². The van der Waals surface area contributed by atoms with Crippen LogP contribution < -0.4 is 9.62 Å². The number of aryl methyl sites for hydroxylation is 3. The first-order valence-electron chi connectivity index (χ1n) is 12.1. The molecule has 7 nitrogen and oxygen atoms in total. The summed E-state index contributed by atoms with van der Waals surface area (Å²) in [7, 11) is -3.52. The summed E-state index contributed by atoms with van der Waals surface area (Å²) >= 11 is 0. The SMILES string of the molecule is CCNC(=O)C(CC)N(Cc1cccc(C)c1)C(=O)CCCN(c1cc(C)cc(C)c1)S(C)(=O)=O. The third-order valence-electron chi connectivity index (χ3n) is 5.82. The normalized spacial score (nSPS) is 12.2. The quantitative estimate of drug-likeness (QED) is 0.474. The van der Waals surface area contributed by atoms with Gasteiger partial charge in [-0.3, -0.25) is 13.9 Å². The van der Waals surface area contributed by atoms with E-state index in [2.05, 4.69) is 5.32 Å². The molecule has 0 aromatic heterocycles. The molecule has 0 bridgehead atoms. The fraction of sp³-hybridized carbons (Fsp3) is 0.481. The number of nitrogens with one attached hydrogen (secondary N) is 1. The summed E-state index contributed by atoms with van der Waals surface area (Å²) in [5, 5.41) is 2.83. The second-order valence-electron chi connectivity index (χ2n) is 9.11. The molecule has 2 aromatic carbocycles. The van der Waals surface area contributed by atoms with Crippen molar-refractivity contribution in [2.75, 3.05) is 23.7 Å². The van der Waals surface area contributed by atoms with Gasteiger partial charge in [-0.05, 0) is 69.4 Å². The molecule has 2 aromatic rings. The molecule has 0 heterocycles. The maximum atomic E-state index is 13.4. The van der Waals surface area contributed by atoms with E-state index in [1.807, 2.05) is 77.1 Å². The molecule has 0 radical (unpaired) electrons. The first-order valence-corrected chi connectivity index (χ1v) is 14.0. The van der Waals surface area contributed by atoms with Gasteiger partial charge in [0.25, 0.3) is 0 Å². The Bertz CT molecular complexity index is 1110. The van der Waals surface area contributed by atoms with Crippen LogP contribution in [0.1, 0.15) is 55.4 Å². The van der Waals surface area contributed by atoms with Gasteiger partial charge in [-0.15, -0.1) is 0 Å². The zero-order chi connectivity index (χ0) is 26.2. The Morgan fingerprint density at radius 2 is 1.63 bits per heavy atom. The van der Waals surface area contributed by atoms with Crippen molar-refractivity contribution in [3.05, 3.63) is 64.7 Å². The van der Waals surface area contributed by atoms with E-state index in [1.165, 1.54) is 10.6 Å². The summed E-state index contributed by atoms with van der Waals surface area (Å²) in [5.74, 6) is -0.345. The molecule has 1 N–H and O–H groups in total. The summed E-state index contributed by atoms with van der Waals surface area (Å²) in [6.45, 7) is 10.6. The van der Waals surface area contributed by atoms with Crippen molar-refractivity contribution in [2.45, 2.75) is 66.5 Å². The highest BCUT2D eigenvalue weighted by molar-refractivity contribution is 7.92. The van der Waals surface area contributed by atoms with E-state index in [4.69, 9.17) is 0 Å². The Morgan fingerprint density at radius 1 is 0.971 bits per heavy atom. The molecule has 192 valence electrons. The van der Waals surface area contributed by atoms with Gasteiger partial charge in [-0.2, -0.15) is 0 Å². The van der Waals surface area contributed by atoms with E-state index < -0.39 is 16.1 Å². The first kappa shape index (κ1) is 28.4. The Balaban J connectivity index is 2.23. The first-order chi connectivity index (χ1) is 16.5. The molecule has 0 aliphatic heterocycles. The van der Waals surface area contributed by atoms with E-state index in [1.54, 1.807) is 4.90 Å². The molecule has 1 unspecified atom stereocenters. The molecule has 0 fully saturated rings. The molecule has 0 aliphatic rings. The summed E-state index contributed by atoms with van der Waals surface area (Å²) in [6.07, 6.45) is 2.15. The number of nitrogens with zero attached hydrogens (tertiary/aromatic N) is 2. The summed E-state index contributed by atoms with van der Waals surface area (Å²) < 4.78 is 26.4. The Morgan fingerprint density at radius 3 is 2.17 bits per heavy atom. The van der Waals surface area contributed by atoms with Crippen LogP contribution in [0.5, 0.6) is 0 Å². The maximum Gasteiger partial charge on any atom is 0.242 e. The average Bonchev–Trinajstić information content (AvgIpc) is 2.75. The van der Waals surface area contributed by atoms with Gasteiger partial charge in [0.15, 0.2) is 0 Å². The number of hydrogen-bond donors (Lipinski definition) is 1. The van der Waals surface area contributed by atoms with Crippen molar-refractivity contribution in [1.29, 1.82) is 0 Å². The van der Waals surface area contributed by atoms with Crippen LogP contribution >= 0.6 is 0 Å². The standard InChI is InChI=1S/C27H39N3O4S/c1-7-25(27(32)28-8-2)29(19-23-12-9-11-20(3)16-23)26(31)13-10-14-30(35(6,33)34)24-17-21(4)15-22(5)18-24/h9,11-12,15-18,25H,7-8,10,13-14,19H2,1-6H3,(H,28,32). The zero-order valence-corrected chi connectivity index (χ0v) is 22.6. The van der Waals surface area contributed by atoms with E-state index in [0.717, 1.165) is 22.3 Å². The second-order valence-corrected chi connectivity index (χ2v) is 11.0. The Kier molecular flexibility index (Phi) is 10.3. The number of benzene rings is 2. The topological polar surface area (TPSA) is 86.8 Å². The van der Waals surface area contributed by atoms with Crippen LogP contribution in [0.25, 0.3) is 0 Å². The molecule has 2 rings (SSSR count). The molecule has 0 aliphatic carbocycles. The van der Waals surface area contributed by atoms with E-state index in [0.29, 0.717) is 31.6 Å². The van der Waals surface area contributed by atoms with E-state index in [9.17, 15) is 18.0 Å². The predicted octanol–water partition coefficient (Wildman–Crippen LogP) is 4.10. The van der Waals surface area contributed by atoms with Crippen LogP contribution in [0.3, 0.4) is 0 Å². The van der Waals surface area contributed by atoms with Crippen LogP contribution in [0.15, 0.2) is 42.5 Å². The smallest absolute Gasteiger partial charge is 0.242 e. The Hall–Kier alpha value is -2.87. The highest BCUT2D eigenvalue weighted by Gasteiger charge is 2.28. The molecule has 0 spiro atoms. The molecule has 1 atom stereocenters. The summed E-state index contributed by atoms with van der Waals surface area (Å²) in [6, 6.07) is 13.0. The largest absolute Gasteiger partial charge is 0.355 e. The number of carbonyl (C=O) groups is 2. The van der Waals surface area contributed by atoms with Gasteiger partial charge in [0.2, 0.25) is 21.8 Å². The van der Waals surface area contributed by atoms with Crippen molar-refractivity contribution < 1.29 is 18.0 Å². The van der Waals surface area contributed by atoms with E-state index >= 15 is 0 Å². The van der Waals surface area contributed by atoms with Gasteiger partial charge < -0.3 is 10.2 Å². The summed E-state index contributed by atoms with van der Waals surface area (Å²) in [5.41, 5.74) is 4.58. The van der Waals surface area contributed by atoms with Crippen molar-refractivity contribution in [1.82, 2.24) is 10.2 Å². The average molecular weight is 502 g/mol. The zero-order valence-electron chi connectivity index (χ0n) is 21.8. The Labute approximate surface area is 210 Å². The van der Waals surface area contributed by atoms with Crippen molar-refractivity contribution in [2.24, 2.45) is 0 Å². The molecular weight excluding hydrogens is 462 g/mol. The predicted molar refractivity (Wildman–Crippen MR) is 142 cm³/mol. The fourth-order valence-corrected chi connectivity index (χ4v) is 5.27. The number of likely N-dealkylation sites (N-methyl/N-ethyl adjacent to an activating group) is 1. The molecule has 0 saturated heterocycles. The highest BCUT2D eigenvalue weighted by atomic mass is 32.2. The number of hydrogen-bond acceptors (Lipinski definition) is 4. The minimum absolute atomic E-state index is 0.137. The van der Waals surface area contributed by atoms with Crippen LogP contribution in [-0.4, -0.2) is 50.5 Å². The number of carbonyl (C=O) groups excluding carboxylic acids is 2. The fourth-order valence-electron chi connectivity index (χ4n) is 4.32. The van der Waals surface area contributed by atoms with Crippen molar-refractivity contribution in [3.63, 3.8) is 0 Å². The third-order valence-corrected chi connectivity index (χ3v) is 7.01.